The summed E-state index contributed by atoms with van der Waals surface area (Å²) in [7, 11) is 0. The zero-order valence-corrected chi connectivity index (χ0v) is 23.8. The van der Waals surface area contributed by atoms with E-state index >= 15 is 0 Å². The van der Waals surface area contributed by atoms with Crippen molar-refractivity contribution in [1.29, 1.82) is 0 Å². The van der Waals surface area contributed by atoms with E-state index in [-0.39, 0.29) is 35.9 Å². The lowest BCUT2D eigenvalue weighted by Crippen LogP contribution is -2.73. The van der Waals surface area contributed by atoms with Gasteiger partial charge in [0.1, 0.15) is 0 Å². The molecule has 5 heterocycles. The van der Waals surface area contributed by atoms with Crippen LogP contribution in [0.1, 0.15) is 40.6 Å². The van der Waals surface area contributed by atoms with Crippen molar-refractivity contribution in [2.24, 2.45) is 5.41 Å². The van der Waals surface area contributed by atoms with E-state index in [4.69, 9.17) is 4.52 Å². The maximum atomic E-state index is 13.4. The van der Waals surface area contributed by atoms with Gasteiger partial charge in [0.05, 0.1) is 29.9 Å². The molecule has 1 spiro atoms. The summed E-state index contributed by atoms with van der Waals surface area (Å²) >= 11 is 0. The minimum absolute atomic E-state index is 0.122. The summed E-state index contributed by atoms with van der Waals surface area (Å²) in [6, 6.07) is 8.93. The Bertz CT molecular complexity index is 1750. The Kier molecular flexibility index (Phi) is 6.85. The number of hydrogen-bond donors (Lipinski definition) is 1. The van der Waals surface area contributed by atoms with Gasteiger partial charge in [0.25, 0.3) is 5.91 Å². The number of carbonyl (C=O) groups is 1. The molecule has 1 saturated carbocycles. The van der Waals surface area contributed by atoms with Crippen LogP contribution in [0.4, 0.5) is 37.7 Å². The Balaban J connectivity index is 1.01. The first-order valence-electron chi connectivity index (χ1n) is 14.2. The lowest BCUT2D eigenvalue weighted by Gasteiger charge is -2.61. The zero-order valence-electron chi connectivity index (χ0n) is 23.8. The highest BCUT2D eigenvalue weighted by Crippen LogP contribution is 2.43. The zero-order chi connectivity index (χ0) is 31.7. The van der Waals surface area contributed by atoms with Crippen LogP contribution < -0.4 is 10.2 Å². The Morgan fingerprint density at radius 2 is 1.84 bits per heavy atom. The largest absolute Gasteiger partial charge is 0.522 e. The number of nitrogens with zero attached hydrogens (tertiary/aromatic N) is 6. The molecule has 0 unspecified atom stereocenters. The number of hydrogen-bond acceptors (Lipinski definition) is 8. The average molecular weight is 636 g/mol. The standard InChI is InChI=1S/C29H27F6N7O3/c1-16-2-3-17(24-38-26(45-39-24)18-6-20(7-18)44-29(33,34)35)8-22(16)37-25(43)21-10-36-42-5-4-19(9-23(21)42)41-13-27(14-41)11-40(12-27)15-28(30,31)32/h2-5,8-10,18,20H,6-7,11-15H2,1H3,(H,37,43). The van der Waals surface area contributed by atoms with E-state index in [1.807, 2.05) is 19.1 Å². The molecule has 4 aromatic rings. The number of aromatic nitrogens is 4. The monoisotopic (exact) mass is 635 g/mol. The van der Waals surface area contributed by atoms with Gasteiger partial charge in [-0.05, 0) is 43.5 Å². The number of benzene rings is 1. The van der Waals surface area contributed by atoms with Crippen LogP contribution in [0.5, 0.6) is 0 Å². The number of rotatable bonds is 7. The first-order chi connectivity index (χ1) is 21.2. The van der Waals surface area contributed by atoms with E-state index in [2.05, 4.69) is 30.2 Å². The van der Waals surface area contributed by atoms with E-state index in [0.29, 0.717) is 48.5 Å². The first kappa shape index (κ1) is 29.5. The molecule has 10 nitrogen and oxygen atoms in total. The van der Waals surface area contributed by atoms with Crippen LogP contribution in [0.2, 0.25) is 0 Å². The Hall–Kier alpha value is -4.18. The minimum Gasteiger partial charge on any atom is -0.370 e. The predicted molar refractivity (Wildman–Crippen MR) is 148 cm³/mol. The molecular formula is C29H27F6N7O3. The van der Waals surface area contributed by atoms with Gasteiger partial charge in [0, 0.05) is 60.6 Å². The number of anilines is 2. The third-order valence-electron chi connectivity index (χ3n) is 8.62. The van der Waals surface area contributed by atoms with Crippen LogP contribution in [-0.2, 0) is 4.74 Å². The number of carbonyl (C=O) groups excluding carboxylic acids is 1. The fourth-order valence-electron chi connectivity index (χ4n) is 6.41. The van der Waals surface area contributed by atoms with Crippen LogP contribution in [0, 0.1) is 12.3 Å². The van der Waals surface area contributed by atoms with E-state index in [1.54, 1.807) is 28.9 Å². The average Bonchev–Trinajstić information content (AvgIpc) is 3.54. The maximum Gasteiger partial charge on any atom is 0.522 e. The SMILES string of the molecule is Cc1ccc(-c2noc(C3CC(OC(F)(F)F)C3)n2)cc1NC(=O)c1cnn2ccc(N3CC4(CN(CC(F)(F)F)C4)C3)cc12. The summed E-state index contributed by atoms with van der Waals surface area (Å²) in [6.07, 6.45) is -6.38. The van der Waals surface area contributed by atoms with Gasteiger partial charge in [-0.15, -0.1) is 13.2 Å². The number of alkyl halides is 6. The summed E-state index contributed by atoms with van der Waals surface area (Å²) < 4.78 is 86.2. The summed E-state index contributed by atoms with van der Waals surface area (Å²) in [5.41, 5.74) is 3.44. The topological polar surface area (TPSA) is 101 Å². The molecule has 1 aromatic carbocycles. The number of pyridine rings is 1. The van der Waals surface area contributed by atoms with Gasteiger partial charge in [-0.2, -0.15) is 23.3 Å². The van der Waals surface area contributed by atoms with Crippen molar-refractivity contribution in [1.82, 2.24) is 24.7 Å². The third kappa shape index (κ3) is 5.95. The summed E-state index contributed by atoms with van der Waals surface area (Å²) in [4.78, 5) is 21.3. The van der Waals surface area contributed by atoms with Crippen LogP contribution in [0.25, 0.3) is 16.9 Å². The number of amides is 1. The van der Waals surface area contributed by atoms with E-state index in [9.17, 15) is 31.1 Å². The van der Waals surface area contributed by atoms with Gasteiger partial charge >= 0.3 is 12.5 Å². The summed E-state index contributed by atoms with van der Waals surface area (Å²) in [5.74, 6) is -0.266. The van der Waals surface area contributed by atoms with Crippen molar-refractivity contribution in [2.45, 2.75) is 44.3 Å². The minimum atomic E-state index is -4.69. The number of likely N-dealkylation sites (tertiary alicyclic amines) is 1. The molecule has 3 fully saturated rings. The molecule has 0 atom stereocenters. The van der Waals surface area contributed by atoms with Gasteiger partial charge in [-0.3, -0.25) is 14.4 Å². The maximum absolute atomic E-state index is 13.4. The van der Waals surface area contributed by atoms with Crippen molar-refractivity contribution in [3.05, 3.63) is 59.7 Å². The molecule has 238 valence electrons. The Morgan fingerprint density at radius 1 is 1.09 bits per heavy atom. The van der Waals surface area contributed by atoms with Crippen molar-refractivity contribution in [2.75, 3.05) is 42.9 Å². The summed E-state index contributed by atoms with van der Waals surface area (Å²) in [6.45, 7) is 3.03. The smallest absolute Gasteiger partial charge is 0.370 e. The molecule has 3 aromatic heterocycles. The van der Waals surface area contributed by atoms with Crippen molar-refractivity contribution in [3.63, 3.8) is 0 Å². The second-order valence-corrected chi connectivity index (χ2v) is 12.2. The number of ether oxygens (including phenoxy) is 1. The lowest BCUT2D eigenvalue weighted by molar-refractivity contribution is -0.352. The van der Waals surface area contributed by atoms with E-state index in [1.165, 1.54) is 11.1 Å². The second-order valence-electron chi connectivity index (χ2n) is 12.2. The molecule has 1 aliphatic carbocycles. The molecule has 0 radical (unpaired) electrons. The Morgan fingerprint density at radius 3 is 2.56 bits per heavy atom. The van der Waals surface area contributed by atoms with Gasteiger partial charge in [-0.1, -0.05) is 17.3 Å². The number of nitrogens with one attached hydrogen (secondary N) is 1. The van der Waals surface area contributed by atoms with Crippen molar-refractivity contribution in [3.8, 4) is 11.4 Å². The predicted octanol–water partition coefficient (Wildman–Crippen LogP) is 5.41. The summed E-state index contributed by atoms with van der Waals surface area (Å²) in [5, 5.41) is 11.2. The molecule has 7 rings (SSSR count). The van der Waals surface area contributed by atoms with Crippen LogP contribution in [0.3, 0.4) is 0 Å². The molecule has 3 aliphatic rings. The molecule has 45 heavy (non-hydrogen) atoms. The number of aryl methyl sites for hydroxylation is 1. The van der Waals surface area contributed by atoms with E-state index < -0.39 is 31.1 Å². The molecule has 2 saturated heterocycles. The number of fused-ring (bicyclic) bond motifs is 1. The van der Waals surface area contributed by atoms with Gasteiger partial charge in [0.2, 0.25) is 11.7 Å². The molecule has 0 bridgehead atoms. The quantitative estimate of drug-likeness (QED) is 0.269. The van der Waals surface area contributed by atoms with Crippen molar-refractivity contribution >= 4 is 22.8 Å². The first-order valence-corrected chi connectivity index (χ1v) is 14.2. The molecule has 16 heteroatoms. The second kappa shape index (κ2) is 10.4. The highest BCUT2D eigenvalue weighted by Gasteiger charge is 2.53. The molecule has 1 N–H and O–H groups in total. The highest BCUT2D eigenvalue weighted by atomic mass is 19.4. The van der Waals surface area contributed by atoms with Crippen LogP contribution >= 0.6 is 0 Å². The third-order valence-corrected chi connectivity index (χ3v) is 8.62. The van der Waals surface area contributed by atoms with Gasteiger partial charge in [0.15, 0.2) is 0 Å². The molecule has 2 aliphatic heterocycles. The van der Waals surface area contributed by atoms with Gasteiger partial charge in [-0.25, -0.2) is 4.52 Å². The van der Waals surface area contributed by atoms with Gasteiger partial charge < -0.3 is 14.7 Å². The fraction of sp³-hybridized carbons (Fsp3) is 0.448. The van der Waals surface area contributed by atoms with Crippen LogP contribution in [0.15, 0.2) is 47.2 Å². The fourth-order valence-corrected chi connectivity index (χ4v) is 6.41. The van der Waals surface area contributed by atoms with E-state index in [0.717, 1.165) is 11.3 Å². The number of halogens is 6. The Labute approximate surface area is 251 Å². The molecule has 1 amide bonds. The molecular weight excluding hydrogens is 608 g/mol. The van der Waals surface area contributed by atoms with Crippen molar-refractivity contribution < 1.29 is 40.4 Å². The normalized spacial score (nSPS) is 21.4. The lowest BCUT2D eigenvalue weighted by atomic mass is 9.72. The van der Waals surface area contributed by atoms with Crippen LogP contribution in [-0.4, -0.2) is 81.9 Å². The highest BCUT2D eigenvalue weighted by molar-refractivity contribution is 6.09.